The minimum atomic E-state index is -0.298. The third kappa shape index (κ3) is 4.91. The van der Waals surface area contributed by atoms with E-state index >= 15 is 0 Å². The van der Waals surface area contributed by atoms with Crippen molar-refractivity contribution < 1.29 is 4.74 Å². The molecule has 0 aliphatic rings. The maximum absolute atomic E-state index is 9.76. The van der Waals surface area contributed by atoms with Crippen LogP contribution in [0.2, 0.25) is 0 Å². The Bertz CT molecular complexity index is 1210. The van der Waals surface area contributed by atoms with Crippen LogP contribution in [0.25, 0.3) is 11.1 Å². The molecule has 0 saturated heterocycles. The van der Waals surface area contributed by atoms with Crippen LogP contribution in [0.1, 0.15) is 41.0 Å². The average molecular weight is 444 g/mol. The molecule has 0 bridgehead atoms. The Kier molecular flexibility index (Phi) is 7.83. The van der Waals surface area contributed by atoms with Crippen molar-refractivity contribution in [3.63, 3.8) is 0 Å². The van der Waals surface area contributed by atoms with Crippen molar-refractivity contribution in [2.75, 3.05) is 0 Å². The molecule has 162 valence electrons. The number of aromatic nitrogens is 2. The van der Waals surface area contributed by atoms with Gasteiger partial charge in [-0.2, -0.15) is 5.26 Å². The Labute approximate surface area is 195 Å². The molecule has 0 fully saturated rings. The molecule has 4 aromatic rings. The standard InChI is InChI=1S/C27H25N3O.ClH/c1-3-21-11-7-8-12-24(21)25-15-22(13-14-23(25)16-28)27(26-17-29-19-30(26)2)31-18-20-9-5-4-6-10-20;/h4-15,17,19,27H,3,18H2,1-2H3;1H. The van der Waals surface area contributed by atoms with Gasteiger partial charge in [0.2, 0.25) is 0 Å². The van der Waals surface area contributed by atoms with E-state index in [0.29, 0.717) is 12.2 Å². The van der Waals surface area contributed by atoms with Gasteiger partial charge in [0.05, 0.1) is 36.5 Å². The summed E-state index contributed by atoms with van der Waals surface area (Å²) in [5.74, 6) is 0. The Morgan fingerprint density at radius 1 is 1.00 bits per heavy atom. The molecule has 3 aromatic carbocycles. The number of hydrogen-bond donors (Lipinski definition) is 0. The average Bonchev–Trinajstić information content (AvgIpc) is 3.25. The van der Waals surface area contributed by atoms with Crippen LogP contribution in [0.5, 0.6) is 0 Å². The lowest BCUT2D eigenvalue weighted by atomic mass is 9.91. The Morgan fingerprint density at radius 2 is 1.75 bits per heavy atom. The number of benzene rings is 3. The molecule has 0 N–H and O–H groups in total. The highest BCUT2D eigenvalue weighted by Crippen LogP contribution is 2.33. The van der Waals surface area contributed by atoms with Gasteiger partial charge in [0.1, 0.15) is 6.10 Å². The van der Waals surface area contributed by atoms with E-state index in [1.54, 1.807) is 6.33 Å². The molecule has 1 unspecified atom stereocenters. The monoisotopic (exact) mass is 443 g/mol. The fraction of sp³-hybridized carbons (Fsp3) is 0.185. The van der Waals surface area contributed by atoms with Crippen LogP contribution >= 0.6 is 12.4 Å². The molecule has 5 heteroatoms. The summed E-state index contributed by atoms with van der Waals surface area (Å²) in [6.45, 7) is 2.62. The summed E-state index contributed by atoms with van der Waals surface area (Å²) in [6, 6.07) is 26.7. The smallest absolute Gasteiger partial charge is 0.124 e. The summed E-state index contributed by atoms with van der Waals surface area (Å²) in [6.07, 6.45) is 4.23. The second-order valence-electron chi connectivity index (χ2n) is 7.53. The van der Waals surface area contributed by atoms with Crippen LogP contribution in [-0.2, 0) is 24.8 Å². The van der Waals surface area contributed by atoms with Crippen LogP contribution in [0.15, 0.2) is 85.3 Å². The molecule has 4 rings (SSSR count). The number of aryl methyl sites for hydroxylation is 2. The van der Waals surface area contributed by atoms with Crippen molar-refractivity contribution >= 4 is 12.4 Å². The van der Waals surface area contributed by atoms with Crippen molar-refractivity contribution in [2.24, 2.45) is 7.05 Å². The van der Waals surface area contributed by atoms with Gasteiger partial charge >= 0.3 is 0 Å². The first-order valence-corrected chi connectivity index (χ1v) is 10.4. The van der Waals surface area contributed by atoms with Gasteiger partial charge in [-0.3, -0.25) is 0 Å². The Balaban J connectivity index is 0.00000289. The van der Waals surface area contributed by atoms with Gasteiger partial charge in [0, 0.05) is 12.6 Å². The fourth-order valence-corrected chi connectivity index (χ4v) is 3.86. The predicted octanol–water partition coefficient (Wildman–Crippen LogP) is 6.25. The molecule has 0 spiro atoms. The zero-order valence-corrected chi connectivity index (χ0v) is 19.0. The zero-order valence-electron chi connectivity index (χ0n) is 18.2. The van der Waals surface area contributed by atoms with E-state index < -0.39 is 0 Å². The summed E-state index contributed by atoms with van der Waals surface area (Å²) < 4.78 is 8.40. The zero-order chi connectivity index (χ0) is 21.6. The van der Waals surface area contributed by atoms with E-state index in [0.717, 1.165) is 34.4 Å². The largest absolute Gasteiger partial charge is 0.363 e. The molecule has 32 heavy (non-hydrogen) atoms. The summed E-state index contributed by atoms with van der Waals surface area (Å²) in [5, 5.41) is 9.76. The lowest BCUT2D eigenvalue weighted by Gasteiger charge is -2.21. The minimum absolute atomic E-state index is 0. The van der Waals surface area contributed by atoms with Gasteiger partial charge in [-0.1, -0.05) is 67.6 Å². The van der Waals surface area contributed by atoms with Crippen LogP contribution in [-0.4, -0.2) is 9.55 Å². The number of halogens is 1. The first-order chi connectivity index (χ1) is 15.2. The van der Waals surface area contributed by atoms with Crippen molar-refractivity contribution in [3.05, 3.63) is 113 Å². The normalized spacial score (nSPS) is 11.4. The van der Waals surface area contributed by atoms with Crippen LogP contribution < -0.4 is 0 Å². The van der Waals surface area contributed by atoms with E-state index in [-0.39, 0.29) is 18.5 Å². The summed E-state index contributed by atoms with van der Waals surface area (Å²) in [4.78, 5) is 4.30. The number of hydrogen-bond acceptors (Lipinski definition) is 3. The first-order valence-electron chi connectivity index (χ1n) is 10.4. The highest BCUT2D eigenvalue weighted by atomic mass is 35.5. The molecule has 0 amide bonds. The molecule has 0 radical (unpaired) electrons. The maximum atomic E-state index is 9.76. The third-order valence-electron chi connectivity index (χ3n) is 5.54. The lowest BCUT2D eigenvalue weighted by Crippen LogP contribution is -2.11. The second-order valence-corrected chi connectivity index (χ2v) is 7.53. The first kappa shape index (κ1) is 23.3. The Morgan fingerprint density at radius 3 is 2.44 bits per heavy atom. The van der Waals surface area contributed by atoms with E-state index in [1.807, 2.05) is 60.3 Å². The number of ether oxygens (including phenoxy) is 1. The van der Waals surface area contributed by atoms with E-state index in [2.05, 4.69) is 48.3 Å². The maximum Gasteiger partial charge on any atom is 0.124 e. The van der Waals surface area contributed by atoms with Gasteiger partial charge in [0.25, 0.3) is 0 Å². The van der Waals surface area contributed by atoms with E-state index in [4.69, 9.17) is 4.74 Å². The van der Waals surface area contributed by atoms with Crippen LogP contribution in [0.4, 0.5) is 0 Å². The van der Waals surface area contributed by atoms with Crippen molar-refractivity contribution in [3.8, 4) is 17.2 Å². The van der Waals surface area contributed by atoms with Gasteiger partial charge in [-0.15, -0.1) is 12.4 Å². The number of nitriles is 1. The molecule has 0 saturated carbocycles. The number of rotatable bonds is 7. The third-order valence-corrected chi connectivity index (χ3v) is 5.54. The summed E-state index contributed by atoms with van der Waals surface area (Å²) in [7, 11) is 1.97. The van der Waals surface area contributed by atoms with Crippen molar-refractivity contribution in [2.45, 2.75) is 26.1 Å². The van der Waals surface area contributed by atoms with Gasteiger partial charge in [-0.25, -0.2) is 4.98 Å². The molecule has 1 aromatic heterocycles. The fourth-order valence-electron chi connectivity index (χ4n) is 3.86. The van der Waals surface area contributed by atoms with E-state index in [1.165, 1.54) is 5.56 Å². The molecule has 1 atom stereocenters. The van der Waals surface area contributed by atoms with Crippen molar-refractivity contribution in [1.29, 1.82) is 5.26 Å². The molecule has 0 aliphatic heterocycles. The van der Waals surface area contributed by atoms with Crippen LogP contribution in [0.3, 0.4) is 0 Å². The number of nitrogens with zero attached hydrogens (tertiary/aromatic N) is 3. The van der Waals surface area contributed by atoms with Crippen LogP contribution in [0, 0.1) is 11.3 Å². The highest BCUT2D eigenvalue weighted by molar-refractivity contribution is 5.85. The number of imidazole rings is 1. The highest BCUT2D eigenvalue weighted by Gasteiger charge is 2.21. The SMILES string of the molecule is CCc1ccccc1-c1cc(C(OCc2ccccc2)c2cncn2C)ccc1C#N.Cl. The van der Waals surface area contributed by atoms with Crippen molar-refractivity contribution in [1.82, 2.24) is 9.55 Å². The minimum Gasteiger partial charge on any atom is -0.363 e. The molecule has 0 aliphatic carbocycles. The molecule has 1 heterocycles. The summed E-state index contributed by atoms with van der Waals surface area (Å²) >= 11 is 0. The Hall–Kier alpha value is -3.39. The molecular weight excluding hydrogens is 418 g/mol. The van der Waals surface area contributed by atoms with Gasteiger partial charge in [0.15, 0.2) is 0 Å². The molecule has 4 nitrogen and oxygen atoms in total. The molecular formula is C27H26ClN3O. The lowest BCUT2D eigenvalue weighted by molar-refractivity contribution is 0.0622. The van der Waals surface area contributed by atoms with E-state index in [9.17, 15) is 5.26 Å². The summed E-state index contributed by atoms with van der Waals surface area (Å²) in [5.41, 5.74) is 6.99. The second kappa shape index (κ2) is 10.8. The quantitative estimate of drug-likeness (QED) is 0.339. The van der Waals surface area contributed by atoms with Gasteiger partial charge in [-0.05, 0) is 40.8 Å². The van der Waals surface area contributed by atoms with Gasteiger partial charge < -0.3 is 9.30 Å². The predicted molar refractivity (Wildman–Crippen MR) is 130 cm³/mol. The topological polar surface area (TPSA) is 50.8 Å².